The highest BCUT2D eigenvalue weighted by Crippen LogP contribution is 2.27. The third-order valence-corrected chi connectivity index (χ3v) is 3.34. The smallest absolute Gasteiger partial charge is 0.220 e. The number of carbonyl (C=O) groups excluding carboxylic acids is 1. The first-order chi connectivity index (χ1) is 9.04. The number of benzene rings is 1. The number of carbonyl (C=O) groups is 1. The molecule has 106 valence electrons. The van der Waals surface area contributed by atoms with E-state index in [1.807, 2.05) is 0 Å². The Morgan fingerprint density at radius 2 is 1.89 bits per heavy atom. The normalized spacial score (nSPS) is 12.5. The van der Waals surface area contributed by atoms with E-state index in [4.69, 9.17) is 4.74 Å². The average Bonchev–Trinajstić information content (AvgIpc) is 2.37. The van der Waals surface area contributed by atoms with Crippen LogP contribution >= 0.6 is 0 Å². The Balaban J connectivity index is 2.63. The Morgan fingerprint density at radius 3 is 2.42 bits per heavy atom. The lowest BCUT2D eigenvalue weighted by atomic mass is 9.85. The van der Waals surface area contributed by atoms with Crippen molar-refractivity contribution in [1.82, 2.24) is 5.32 Å². The maximum atomic E-state index is 11.9. The second-order valence-electron chi connectivity index (χ2n) is 5.31. The van der Waals surface area contributed by atoms with E-state index in [0.29, 0.717) is 25.5 Å². The van der Waals surface area contributed by atoms with Crippen LogP contribution in [0.4, 0.5) is 0 Å². The third-order valence-electron chi connectivity index (χ3n) is 3.34. The zero-order chi connectivity index (χ0) is 14.3. The van der Waals surface area contributed by atoms with Crippen molar-refractivity contribution in [2.24, 2.45) is 5.92 Å². The van der Waals surface area contributed by atoms with Gasteiger partial charge in [0.25, 0.3) is 0 Å². The van der Waals surface area contributed by atoms with Crippen LogP contribution in [0.2, 0.25) is 0 Å². The van der Waals surface area contributed by atoms with Gasteiger partial charge in [0.2, 0.25) is 5.91 Å². The molecule has 1 N–H and O–H groups in total. The lowest BCUT2D eigenvalue weighted by Crippen LogP contribution is -2.29. The molecule has 1 rings (SSSR count). The first kappa shape index (κ1) is 15.7. The first-order valence-corrected chi connectivity index (χ1v) is 6.86. The lowest BCUT2D eigenvalue weighted by Gasteiger charge is -2.21. The van der Waals surface area contributed by atoms with Crippen LogP contribution in [0.15, 0.2) is 24.3 Å². The van der Waals surface area contributed by atoms with Gasteiger partial charge in [0.15, 0.2) is 0 Å². The van der Waals surface area contributed by atoms with E-state index in [9.17, 15) is 4.79 Å². The first-order valence-electron chi connectivity index (χ1n) is 6.86. The monoisotopic (exact) mass is 263 g/mol. The van der Waals surface area contributed by atoms with Gasteiger partial charge in [-0.3, -0.25) is 4.79 Å². The van der Waals surface area contributed by atoms with E-state index < -0.39 is 0 Å². The Labute approximate surface area is 116 Å². The maximum Gasteiger partial charge on any atom is 0.220 e. The summed E-state index contributed by atoms with van der Waals surface area (Å²) in [5.74, 6) is 0.801. The molecule has 0 radical (unpaired) electrons. The van der Waals surface area contributed by atoms with Gasteiger partial charge in [0.1, 0.15) is 0 Å². The van der Waals surface area contributed by atoms with Crippen molar-refractivity contribution in [2.75, 3.05) is 20.3 Å². The molecule has 0 aromatic heterocycles. The largest absolute Gasteiger partial charge is 0.383 e. The molecule has 0 fully saturated rings. The van der Waals surface area contributed by atoms with Gasteiger partial charge >= 0.3 is 0 Å². The van der Waals surface area contributed by atoms with Crippen molar-refractivity contribution >= 4 is 5.91 Å². The Morgan fingerprint density at radius 1 is 1.26 bits per heavy atom. The van der Waals surface area contributed by atoms with Crippen LogP contribution < -0.4 is 5.32 Å². The van der Waals surface area contributed by atoms with Crippen molar-refractivity contribution in [2.45, 2.75) is 33.1 Å². The molecule has 1 aromatic rings. The summed E-state index contributed by atoms with van der Waals surface area (Å²) in [6.07, 6.45) is 0.532. The molecule has 0 saturated carbocycles. The molecule has 1 aromatic carbocycles. The number of methoxy groups -OCH3 is 1. The van der Waals surface area contributed by atoms with Gasteiger partial charge in [-0.15, -0.1) is 0 Å². The van der Waals surface area contributed by atoms with Crippen LogP contribution in [0, 0.1) is 12.8 Å². The molecule has 1 atom stereocenters. The highest BCUT2D eigenvalue weighted by Gasteiger charge is 2.19. The molecule has 0 spiro atoms. The summed E-state index contributed by atoms with van der Waals surface area (Å²) in [5, 5.41) is 2.89. The van der Waals surface area contributed by atoms with Crippen LogP contribution in [-0.4, -0.2) is 26.2 Å². The summed E-state index contributed by atoms with van der Waals surface area (Å²) in [5.41, 5.74) is 2.48. The quantitative estimate of drug-likeness (QED) is 0.768. The fourth-order valence-electron chi connectivity index (χ4n) is 2.12. The minimum absolute atomic E-state index is 0.0938. The number of hydrogen-bond donors (Lipinski definition) is 1. The highest BCUT2D eigenvalue weighted by molar-refractivity contribution is 5.76. The van der Waals surface area contributed by atoms with E-state index in [2.05, 4.69) is 50.4 Å². The van der Waals surface area contributed by atoms with Crippen molar-refractivity contribution in [3.63, 3.8) is 0 Å². The molecule has 0 saturated heterocycles. The molecule has 0 aliphatic rings. The molecular formula is C16H25NO2. The summed E-state index contributed by atoms with van der Waals surface area (Å²) >= 11 is 0. The molecule has 0 aliphatic carbocycles. The second-order valence-corrected chi connectivity index (χ2v) is 5.31. The van der Waals surface area contributed by atoms with Crippen molar-refractivity contribution in [3.05, 3.63) is 35.4 Å². The molecule has 19 heavy (non-hydrogen) atoms. The molecule has 0 heterocycles. The molecule has 3 heteroatoms. The van der Waals surface area contributed by atoms with Crippen molar-refractivity contribution in [1.29, 1.82) is 0 Å². The number of nitrogens with one attached hydrogen (secondary N) is 1. The SMILES string of the molecule is COCCNC(=O)CC(c1ccc(C)cc1)C(C)C. The van der Waals surface area contributed by atoms with Gasteiger partial charge in [0.05, 0.1) is 6.61 Å². The fourth-order valence-corrected chi connectivity index (χ4v) is 2.12. The van der Waals surface area contributed by atoms with Crippen molar-refractivity contribution in [3.8, 4) is 0 Å². The molecule has 0 aliphatic heterocycles. The number of aryl methyl sites for hydroxylation is 1. The van der Waals surface area contributed by atoms with Crippen molar-refractivity contribution < 1.29 is 9.53 Å². The Kier molecular flexibility index (Phi) is 6.57. The standard InChI is InChI=1S/C16H25NO2/c1-12(2)15(11-16(18)17-9-10-19-4)14-7-5-13(3)6-8-14/h5-8,12,15H,9-11H2,1-4H3,(H,17,18). The topological polar surface area (TPSA) is 38.3 Å². The number of ether oxygens (including phenoxy) is 1. The van der Waals surface area contributed by atoms with Gasteiger partial charge in [-0.05, 0) is 24.3 Å². The zero-order valence-electron chi connectivity index (χ0n) is 12.4. The van der Waals surface area contributed by atoms with E-state index in [0.717, 1.165) is 0 Å². The molecule has 1 unspecified atom stereocenters. The van der Waals surface area contributed by atoms with Crippen LogP contribution in [0.25, 0.3) is 0 Å². The number of hydrogen-bond acceptors (Lipinski definition) is 2. The average molecular weight is 263 g/mol. The van der Waals surface area contributed by atoms with Gasteiger partial charge in [-0.2, -0.15) is 0 Å². The summed E-state index contributed by atoms with van der Waals surface area (Å²) < 4.78 is 4.93. The predicted molar refractivity (Wildman–Crippen MR) is 78.3 cm³/mol. The third kappa shape index (κ3) is 5.43. The van der Waals surface area contributed by atoms with Gasteiger partial charge in [-0.25, -0.2) is 0 Å². The predicted octanol–water partition coefficient (Wildman–Crippen LogP) is 2.89. The van der Waals surface area contributed by atoms with Crippen LogP contribution in [0.1, 0.15) is 37.3 Å². The van der Waals surface area contributed by atoms with E-state index >= 15 is 0 Å². The summed E-state index contributed by atoms with van der Waals surface area (Å²) in [7, 11) is 1.63. The van der Waals surface area contributed by atoms with Crippen LogP contribution in [-0.2, 0) is 9.53 Å². The minimum atomic E-state index is 0.0938. The van der Waals surface area contributed by atoms with E-state index in [1.165, 1.54) is 11.1 Å². The van der Waals surface area contributed by atoms with E-state index in [-0.39, 0.29) is 11.8 Å². The lowest BCUT2D eigenvalue weighted by molar-refractivity contribution is -0.121. The molecule has 0 bridgehead atoms. The fraction of sp³-hybridized carbons (Fsp3) is 0.562. The Hall–Kier alpha value is -1.35. The number of amides is 1. The van der Waals surface area contributed by atoms with Gasteiger partial charge in [-0.1, -0.05) is 43.7 Å². The highest BCUT2D eigenvalue weighted by atomic mass is 16.5. The molecule has 3 nitrogen and oxygen atoms in total. The van der Waals surface area contributed by atoms with Crippen LogP contribution in [0.5, 0.6) is 0 Å². The summed E-state index contributed by atoms with van der Waals surface area (Å²) in [6.45, 7) is 7.53. The molecule has 1 amide bonds. The maximum absolute atomic E-state index is 11.9. The summed E-state index contributed by atoms with van der Waals surface area (Å²) in [4.78, 5) is 11.9. The zero-order valence-corrected chi connectivity index (χ0v) is 12.4. The van der Waals surface area contributed by atoms with Gasteiger partial charge < -0.3 is 10.1 Å². The minimum Gasteiger partial charge on any atom is -0.383 e. The second kappa shape index (κ2) is 7.95. The number of rotatable bonds is 7. The van der Waals surface area contributed by atoms with Gasteiger partial charge in [0, 0.05) is 20.1 Å². The van der Waals surface area contributed by atoms with E-state index in [1.54, 1.807) is 7.11 Å². The summed E-state index contributed by atoms with van der Waals surface area (Å²) in [6, 6.07) is 8.46. The molecular weight excluding hydrogens is 238 g/mol. The van der Waals surface area contributed by atoms with Crippen LogP contribution in [0.3, 0.4) is 0 Å². The Bertz CT molecular complexity index is 384.